The van der Waals surface area contributed by atoms with Crippen LogP contribution in [0.25, 0.3) is 0 Å². The van der Waals surface area contributed by atoms with Gasteiger partial charge < -0.3 is 5.11 Å². The summed E-state index contributed by atoms with van der Waals surface area (Å²) in [6.07, 6.45) is 0.0417. The fourth-order valence-corrected chi connectivity index (χ4v) is 1.28. The van der Waals surface area contributed by atoms with E-state index in [0.717, 1.165) is 5.56 Å². The monoisotopic (exact) mass is 175 g/mol. The first-order chi connectivity index (χ1) is 6.29. The summed E-state index contributed by atoms with van der Waals surface area (Å²) < 4.78 is 0. The van der Waals surface area contributed by atoms with Crippen molar-refractivity contribution in [3.63, 3.8) is 0 Å². The van der Waals surface area contributed by atoms with E-state index in [1.807, 2.05) is 37.3 Å². The first-order valence-corrected chi connectivity index (χ1v) is 4.42. The van der Waals surface area contributed by atoms with Crippen molar-refractivity contribution in [3.8, 4) is 6.07 Å². The second-order valence-electron chi connectivity index (χ2n) is 2.99. The number of rotatable bonds is 3. The zero-order valence-corrected chi connectivity index (χ0v) is 7.64. The van der Waals surface area contributed by atoms with Gasteiger partial charge in [0.1, 0.15) is 0 Å². The van der Waals surface area contributed by atoms with Crippen LogP contribution in [0.4, 0.5) is 0 Å². The Morgan fingerprint density at radius 3 is 2.46 bits per heavy atom. The lowest BCUT2D eigenvalue weighted by atomic mass is 9.93. The van der Waals surface area contributed by atoms with Gasteiger partial charge in [0.05, 0.1) is 18.1 Å². The fraction of sp³-hybridized carbons (Fsp3) is 0.364. The number of nitrogens with zero attached hydrogens (tertiary/aromatic N) is 1. The van der Waals surface area contributed by atoms with E-state index in [0.29, 0.717) is 6.42 Å². The minimum Gasteiger partial charge on any atom is -0.391 e. The topological polar surface area (TPSA) is 44.0 Å². The zero-order chi connectivity index (χ0) is 9.68. The Kier molecular flexibility index (Phi) is 3.48. The second kappa shape index (κ2) is 4.64. The SMILES string of the molecule is CC[C@@H](O)[C@H](C#N)c1ccccc1. The summed E-state index contributed by atoms with van der Waals surface area (Å²) in [7, 11) is 0. The van der Waals surface area contributed by atoms with Crippen molar-refractivity contribution in [2.24, 2.45) is 0 Å². The number of hydrogen-bond donors (Lipinski definition) is 1. The van der Waals surface area contributed by atoms with Gasteiger partial charge in [0, 0.05) is 0 Å². The molecule has 0 unspecified atom stereocenters. The minimum atomic E-state index is -0.563. The van der Waals surface area contributed by atoms with Crippen LogP contribution >= 0.6 is 0 Å². The second-order valence-corrected chi connectivity index (χ2v) is 2.99. The van der Waals surface area contributed by atoms with Gasteiger partial charge in [-0.3, -0.25) is 0 Å². The van der Waals surface area contributed by atoms with Gasteiger partial charge in [-0.1, -0.05) is 37.3 Å². The Morgan fingerprint density at radius 1 is 1.38 bits per heavy atom. The molecule has 1 aromatic carbocycles. The van der Waals surface area contributed by atoms with Gasteiger partial charge in [0.15, 0.2) is 0 Å². The highest BCUT2D eigenvalue weighted by Gasteiger charge is 2.18. The van der Waals surface area contributed by atoms with Gasteiger partial charge in [-0.15, -0.1) is 0 Å². The highest BCUT2D eigenvalue weighted by Crippen LogP contribution is 2.20. The van der Waals surface area contributed by atoms with Crippen molar-refractivity contribution in [1.29, 1.82) is 5.26 Å². The molecule has 0 spiro atoms. The van der Waals surface area contributed by atoms with Crippen molar-refractivity contribution in [2.75, 3.05) is 0 Å². The van der Waals surface area contributed by atoms with Crippen LogP contribution in [-0.2, 0) is 0 Å². The average Bonchev–Trinajstić information content (AvgIpc) is 2.20. The molecule has 2 heteroatoms. The third kappa shape index (κ3) is 2.30. The fourth-order valence-electron chi connectivity index (χ4n) is 1.28. The van der Waals surface area contributed by atoms with Gasteiger partial charge in [0.2, 0.25) is 0 Å². The molecule has 0 radical (unpaired) electrons. The minimum absolute atomic E-state index is 0.397. The molecule has 1 N–H and O–H groups in total. The third-order valence-electron chi connectivity index (χ3n) is 2.10. The van der Waals surface area contributed by atoms with Crippen molar-refractivity contribution in [3.05, 3.63) is 35.9 Å². The van der Waals surface area contributed by atoms with Crippen LogP contribution < -0.4 is 0 Å². The number of hydrogen-bond acceptors (Lipinski definition) is 2. The predicted molar refractivity (Wildman–Crippen MR) is 51.1 cm³/mol. The van der Waals surface area contributed by atoms with Gasteiger partial charge >= 0.3 is 0 Å². The van der Waals surface area contributed by atoms with Crippen LogP contribution in [0.2, 0.25) is 0 Å². The Hall–Kier alpha value is -1.33. The number of aliphatic hydroxyl groups is 1. The molecule has 68 valence electrons. The van der Waals surface area contributed by atoms with E-state index < -0.39 is 12.0 Å². The van der Waals surface area contributed by atoms with E-state index in [9.17, 15) is 5.11 Å². The van der Waals surface area contributed by atoms with Crippen molar-refractivity contribution in [1.82, 2.24) is 0 Å². The zero-order valence-electron chi connectivity index (χ0n) is 7.64. The quantitative estimate of drug-likeness (QED) is 0.764. The van der Waals surface area contributed by atoms with Crippen molar-refractivity contribution < 1.29 is 5.11 Å². The Bertz CT molecular complexity index is 289. The summed E-state index contributed by atoms with van der Waals surface area (Å²) in [5.74, 6) is -0.397. The lowest BCUT2D eigenvalue weighted by molar-refractivity contribution is 0.157. The number of aliphatic hydroxyl groups excluding tert-OH is 1. The third-order valence-corrected chi connectivity index (χ3v) is 2.10. The maximum absolute atomic E-state index is 9.55. The molecule has 0 heterocycles. The highest BCUT2D eigenvalue weighted by atomic mass is 16.3. The summed E-state index contributed by atoms with van der Waals surface area (Å²) >= 11 is 0. The van der Waals surface area contributed by atoms with Crippen LogP contribution in [0, 0.1) is 11.3 Å². The maximum atomic E-state index is 9.55. The summed E-state index contributed by atoms with van der Waals surface area (Å²) in [5.41, 5.74) is 0.888. The molecule has 0 aliphatic carbocycles. The van der Waals surface area contributed by atoms with Crippen LogP contribution in [-0.4, -0.2) is 11.2 Å². The van der Waals surface area contributed by atoms with Crippen molar-refractivity contribution >= 4 is 0 Å². The lowest BCUT2D eigenvalue weighted by Gasteiger charge is -2.14. The van der Waals surface area contributed by atoms with Gasteiger partial charge in [-0.25, -0.2) is 0 Å². The van der Waals surface area contributed by atoms with E-state index in [2.05, 4.69) is 6.07 Å². The summed E-state index contributed by atoms with van der Waals surface area (Å²) in [5, 5.41) is 18.4. The lowest BCUT2D eigenvalue weighted by Crippen LogP contribution is -2.15. The molecular weight excluding hydrogens is 162 g/mol. The van der Waals surface area contributed by atoms with Crippen LogP contribution in [0.15, 0.2) is 30.3 Å². The van der Waals surface area contributed by atoms with Crippen molar-refractivity contribution in [2.45, 2.75) is 25.4 Å². The molecule has 2 atom stereocenters. The molecule has 0 saturated carbocycles. The van der Waals surface area contributed by atoms with Gasteiger partial charge in [-0.2, -0.15) is 5.26 Å². The standard InChI is InChI=1S/C11H13NO/c1-2-11(13)10(8-12)9-6-4-3-5-7-9/h3-7,10-11,13H,2H2,1H3/t10-,11-/m1/s1. The van der Waals surface area contributed by atoms with E-state index in [1.54, 1.807) is 0 Å². The molecular formula is C11H13NO. The van der Waals surface area contributed by atoms with E-state index >= 15 is 0 Å². The molecule has 0 bridgehead atoms. The molecule has 0 amide bonds. The maximum Gasteiger partial charge on any atom is 0.0971 e. The molecule has 2 nitrogen and oxygen atoms in total. The normalized spacial score (nSPS) is 14.5. The molecule has 1 rings (SSSR count). The molecule has 0 aromatic heterocycles. The summed E-state index contributed by atoms with van der Waals surface area (Å²) in [4.78, 5) is 0. The Labute approximate surface area is 78.4 Å². The molecule has 0 saturated heterocycles. The first kappa shape index (κ1) is 9.76. The molecule has 0 aliphatic rings. The summed E-state index contributed by atoms with van der Waals surface area (Å²) in [6, 6.07) is 11.5. The van der Waals surface area contributed by atoms with Gasteiger partial charge in [0.25, 0.3) is 0 Å². The van der Waals surface area contributed by atoms with Crippen LogP contribution in [0.5, 0.6) is 0 Å². The van der Waals surface area contributed by atoms with Crippen LogP contribution in [0.3, 0.4) is 0 Å². The molecule has 13 heavy (non-hydrogen) atoms. The van der Waals surface area contributed by atoms with E-state index in [-0.39, 0.29) is 0 Å². The number of benzene rings is 1. The smallest absolute Gasteiger partial charge is 0.0971 e. The largest absolute Gasteiger partial charge is 0.391 e. The van der Waals surface area contributed by atoms with E-state index in [4.69, 9.17) is 5.26 Å². The Balaban J connectivity index is 2.86. The van der Waals surface area contributed by atoms with Crippen LogP contribution in [0.1, 0.15) is 24.8 Å². The average molecular weight is 175 g/mol. The first-order valence-electron chi connectivity index (χ1n) is 4.42. The predicted octanol–water partition coefficient (Wildman–Crippen LogP) is 2.06. The molecule has 1 aromatic rings. The summed E-state index contributed by atoms with van der Waals surface area (Å²) in [6.45, 7) is 1.87. The van der Waals surface area contributed by atoms with E-state index in [1.165, 1.54) is 0 Å². The Morgan fingerprint density at radius 2 is 2.00 bits per heavy atom. The number of nitriles is 1. The highest BCUT2D eigenvalue weighted by molar-refractivity contribution is 5.25. The van der Waals surface area contributed by atoms with Gasteiger partial charge in [-0.05, 0) is 12.0 Å². The molecule has 0 fully saturated rings. The molecule has 0 aliphatic heterocycles.